The minimum atomic E-state index is -3.91. The molecule has 0 bridgehead atoms. The van der Waals surface area contributed by atoms with Crippen molar-refractivity contribution in [1.82, 2.24) is 9.62 Å². The number of amides is 2. The third-order valence-electron chi connectivity index (χ3n) is 4.30. The Bertz CT molecular complexity index is 1010. The first-order valence-corrected chi connectivity index (χ1v) is 10.1. The van der Waals surface area contributed by atoms with Crippen LogP contribution in [0.5, 0.6) is 5.75 Å². The van der Waals surface area contributed by atoms with Crippen molar-refractivity contribution in [2.45, 2.75) is 18.4 Å². The van der Waals surface area contributed by atoms with Gasteiger partial charge in [0, 0.05) is 19.7 Å². The van der Waals surface area contributed by atoms with Gasteiger partial charge in [0.05, 0.1) is 17.1 Å². The number of rotatable bonds is 6. The predicted molar refractivity (Wildman–Crippen MR) is 103 cm³/mol. The molecular weight excluding hydrogens is 382 g/mol. The molecule has 1 aliphatic heterocycles. The highest BCUT2D eigenvalue weighted by Crippen LogP contribution is 2.33. The van der Waals surface area contributed by atoms with E-state index in [1.54, 1.807) is 13.0 Å². The molecule has 2 amide bonds. The maximum absolute atomic E-state index is 12.9. The van der Waals surface area contributed by atoms with Gasteiger partial charge in [-0.3, -0.25) is 9.59 Å². The highest BCUT2D eigenvalue weighted by atomic mass is 32.2. The van der Waals surface area contributed by atoms with Crippen LogP contribution in [0.4, 0.5) is 5.69 Å². The van der Waals surface area contributed by atoms with E-state index in [4.69, 9.17) is 4.74 Å². The average Bonchev–Trinajstić information content (AvgIpc) is 2.66. The van der Waals surface area contributed by atoms with E-state index in [1.807, 2.05) is 30.3 Å². The Labute approximate surface area is 163 Å². The van der Waals surface area contributed by atoms with Crippen molar-refractivity contribution in [3.05, 3.63) is 53.6 Å². The van der Waals surface area contributed by atoms with E-state index in [-0.39, 0.29) is 29.7 Å². The number of hydrogen-bond donors (Lipinski definition) is 2. The molecule has 28 heavy (non-hydrogen) atoms. The van der Waals surface area contributed by atoms with Crippen LogP contribution in [0.25, 0.3) is 0 Å². The van der Waals surface area contributed by atoms with Gasteiger partial charge in [-0.15, -0.1) is 0 Å². The SMILES string of the molecule is Cc1cc2c(cc1S(=O)(=O)N(C)CC(=O)NCc1ccccc1)OCC(=O)N2. The fourth-order valence-corrected chi connectivity index (χ4v) is 4.15. The van der Waals surface area contributed by atoms with Gasteiger partial charge >= 0.3 is 0 Å². The minimum Gasteiger partial charge on any atom is -0.482 e. The quantitative estimate of drug-likeness (QED) is 0.756. The van der Waals surface area contributed by atoms with E-state index >= 15 is 0 Å². The number of carbonyl (C=O) groups is 2. The van der Waals surface area contributed by atoms with Crippen LogP contribution < -0.4 is 15.4 Å². The number of nitrogens with zero attached hydrogens (tertiary/aromatic N) is 1. The topological polar surface area (TPSA) is 105 Å². The Morgan fingerprint density at radius 1 is 1.25 bits per heavy atom. The summed E-state index contributed by atoms with van der Waals surface area (Å²) >= 11 is 0. The van der Waals surface area contributed by atoms with Crippen molar-refractivity contribution in [2.75, 3.05) is 25.5 Å². The number of fused-ring (bicyclic) bond motifs is 1. The maximum atomic E-state index is 12.9. The fourth-order valence-electron chi connectivity index (χ4n) is 2.80. The van der Waals surface area contributed by atoms with Gasteiger partial charge in [0.15, 0.2) is 6.61 Å². The molecule has 0 saturated carbocycles. The van der Waals surface area contributed by atoms with Crippen LogP contribution in [0.1, 0.15) is 11.1 Å². The van der Waals surface area contributed by atoms with Gasteiger partial charge in [0.25, 0.3) is 5.91 Å². The summed E-state index contributed by atoms with van der Waals surface area (Å²) in [6, 6.07) is 12.3. The van der Waals surface area contributed by atoms with Crippen molar-refractivity contribution in [2.24, 2.45) is 0 Å². The summed E-state index contributed by atoms with van der Waals surface area (Å²) in [5, 5.41) is 5.34. The lowest BCUT2D eigenvalue weighted by atomic mass is 10.2. The molecule has 8 nitrogen and oxygen atoms in total. The van der Waals surface area contributed by atoms with Crippen LogP contribution in [0.2, 0.25) is 0 Å². The van der Waals surface area contributed by atoms with E-state index < -0.39 is 15.9 Å². The highest BCUT2D eigenvalue weighted by Gasteiger charge is 2.28. The van der Waals surface area contributed by atoms with Crippen molar-refractivity contribution in [1.29, 1.82) is 0 Å². The number of likely N-dealkylation sites (N-methyl/N-ethyl adjacent to an activating group) is 1. The smallest absolute Gasteiger partial charge is 0.262 e. The number of sulfonamides is 1. The summed E-state index contributed by atoms with van der Waals surface area (Å²) in [6.07, 6.45) is 0. The summed E-state index contributed by atoms with van der Waals surface area (Å²) in [7, 11) is -2.57. The molecule has 0 spiro atoms. The molecule has 1 aliphatic rings. The maximum Gasteiger partial charge on any atom is 0.262 e. The van der Waals surface area contributed by atoms with E-state index in [0.29, 0.717) is 17.8 Å². The second-order valence-corrected chi connectivity index (χ2v) is 8.49. The number of nitrogens with one attached hydrogen (secondary N) is 2. The molecule has 0 unspecified atom stereocenters. The van der Waals surface area contributed by atoms with Crippen LogP contribution in [0, 0.1) is 6.92 Å². The number of carbonyl (C=O) groups excluding carboxylic acids is 2. The first-order chi connectivity index (χ1) is 13.3. The van der Waals surface area contributed by atoms with Crippen LogP contribution in [0.3, 0.4) is 0 Å². The third kappa shape index (κ3) is 4.32. The molecule has 9 heteroatoms. The summed E-state index contributed by atoms with van der Waals surface area (Å²) in [6.45, 7) is 1.45. The second-order valence-electron chi connectivity index (χ2n) is 6.47. The first-order valence-electron chi connectivity index (χ1n) is 8.61. The van der Waals surface area contributed by atoms with Crippen LogP contribution in [0.15, 0.2) is 47.4 Å². The Morgan fingerprint density at radius 3 is 2.68 bits per heavy atom. The van der Waals surface area contributed by atoms with Gasteiger partial charge in [0.1, 0.15) is 5.75 Å². The largest absolute Gasteiger partial charge is 0.482 e. The molecule has 0 radical (unpaired) electrons. The summed E-state index contributed by atoms with van der Waals surface area (Å²) in [5.74, 6) is -0.422. The lowest BCUT2D eigenvalue weighted by molar-refractivity contribution is -0.121. The average molecular weight is 403 g/mol. The van der Waals surface area contributed by atoms with Gasteiger partial charge in [-0.25, -0.2) is 8.42 Å². The Balaban J connectivity index is 1.71. The van der Waals surface area contributed by atoms with Gasteiger partial charge in [0.2, 0.25) is 15.9 Å². The highest BCUT2D eigenvalue weighted by molar-refractivity contribution is 7.89. The van der Waals surface area contributed by atoms with E-state index in [9.17, 15) is 18.0 Å². The van der Waals surface area contributed by atoms with Crippen LogP contribution >= 0.6 is 0 Å². The summed E-state index contributed by atoms with van der Waals surface area (Å²) < 4.78 is 32.1. The molecule has 0 atom stereocenters. The Hall–Kier alpha value is -2.91. The summed E-state index contributed by atoms with van der Waals surface area (Å²) in [5.41, 5.74) is 1.79. The molecule has 0 saturated heterocycles. The number of ether oxygens (including phenoxy) is 1. The predicted octanol–water partition coefficient (Wildman–Crippen LogP) is 1.26. The number of aryl methyl sites for hydroxylation is 1. The van der Waals surface area contributed by atoms with Gasteiger partial charge in [-0.2, -0.15) is 4.31 Å². The van der Waals surface area contributed by atoms with E-state index in [0.717, 1.165) is 9.87 Å². The van der Waals surface area contributed by atoms with Gasteiger partial charge < -0.3 is 15.4 Å². The summed E-state index contributed by atoms with van der Waals surface area (Å²) in [4.78, 5) is 23.6. The molecule has 0 aliphatic carbocycles. The van der Waals surface area contributed by atoms with Crippen LogP contribution in [-0.4, -0.2) is 44.7 Å². The number of hydrogen-bond acceptors (Lipinski definition) is 5. The Kier molecular flexibility index (Phi) is 5.66. The minimum absolute atomic E-state index is 0.0285. The number of anilines is 1. The second kappa shape index (κ2) is 7.99. The molecular formula is C19H21N3O5S. The normalized spacial score (nSPS) is 13.5. The zero-order valence-corrected chi connectivity index (χ0v) is 16.4. The van der Waals surface area contributed by atoms with Crippen molar-refractivity contribution < 1.29 is 22.7 Å². The third-order valence-corrected chi connectivity index (χ3v) is 6.24. The van der Waals surface area contributed by atoms with Gasteiger partial charge in [-0.1, -0.05) is 30.3 Å². The lowest BCUT2D eigenvalue weighted by Crippen LogP contribution is -2.38. The van der Waals surface area contributed by atoms with E-state index in [1.165, 1.54) is 13.1 Å². The van der Waals surface area contributed by atoms with E-state index in [2.05, 4.69) is 10.6 Å². The van der Waals surface area contributed by atoms with Crippen molar-refractivity contribution in [3.8, 4) is 5.75 Å². The molecule has 2 aromatic carbocycles. The fraction of sp³-hybridized carbons (Fsp3) is 0.263. The molecule has 0 fully saturated rings. The lowest BCUT2D eigenvalue weighted by Gasteiger charge is -2.22. The molecule has 0 aromatic heterocycles. The zero-order chi connectivity index (χ0) is 20.3. The molecule has 1 heterocycles. The molecule has 2 aromatic rings. The molecule has 148 valence electrons. The molecule has 3 rings (SSSR count). The molecule has 2 N–H and O–H groups in total. The zero-order valence-electron chi connectivity index (χ0n) is 15.6. The van der Waals surface area contributed by atoms with Crippen molar-refractivity contribution >= 4 is 27.5 Å². The van der Waals surface area contributed by atoms with Gasteiger partial charge in [-0.05, 0) is 24.1 Å². The number of benzene rings is 2. The Morgan fingerprint density at radius 2 is 1.96 bits per heavy atom. The first kappa shape index (κ1) is 19.8. The van der Waals surface area contributed by atoms with Crippen molar-refractivity contribution in [3.63, 3.8) is 0 Å². The monoisotopic (exact) mass is 403 g/mol. The van der Waals surface area contributed by atoms with Crippen LogP contribution in [-0.2, 0) is 26.2 Å². The standard InChI is InChI=1S/C19H21N3O5S/c1-13-8-15-16(27-12-19(24)21-15)9-17(13)28(25,26)22(2)11-18(23)20-10-14-6-4-3-5-7-14/h3-9H,10-12H2,1-2H3,(H,20,23)(H,21,24).